The fourth-order valence-corrected chi connectivity index (χ4v) is 3.71. The van der Waals surface area contributed by atoms with Gasteiger partial charge < -0.3 is 10.1 Å². The van der Waals surface area contributed by atoms with E-state index in [9.17, 15) is 4.79 Å². The Kier molecular flexibility index (Phi) is 4.64. The van der Waals surface area contributed by atoms with E-state index in [0.717, 1.165) is 33.3 Å². The van der Waals surface area contributed by atoms with Gasteiger partial charge in [0.2, 0.25) is 0 Å². The van der Waals surface area contributed by atoms with Crippen molar-refractivity contribution in [1.29, 1.82) is 0 Å². The number of benzene rings is 2. The average molecular weight is 377 g/mol. The molecule has 0 spiro atoms. The Balaban J connectivity index is 1.54. The molecule has 4 aromatic rings. The number of carbonyl (C=O) groups is 1. The van der Waals surface area contributed by atoms with Gasteiger partial charge in [-0.2, -0.15) is 0 Å². The van der Waals surface area contributed by atoms with Gasteiger partial charge in [0, 0.05) is 34.1 Å². The number of thiazole rings is 1. The molecule has 6 heteroatoms. The highest BCUT2D eigenvalue weighted by atomic mass is 32.1. The number of imidazole rings is 1. The van der Waals surface area contributed by atoms with Crippen molar-refractivity contribution in [3.05, 3.63) is 71.4 Å². The summed E-state index contributed by atoms with van der Waals surface area (Å²) < 4.78 is 7.49. The van der Waals surface area contributed by atoms with E-state index in [0.29, 0.717) is 12.2 Å². The van der Waals surface area contributed by atoms with Crippen LogP contribution in [0.1, 0.15) is 23.0 Å². The van der Waals surface area contributed by atoms with Crippen molar-refractivity contribution in [2.45, 2.75) is 13.8 Å². The second kappa shape index (κ2) is 7.25. The number of aryl methyl sites for hydroxylation is 1. The van der Waals surface area contributed by atoms with E-state index in [2.05, 4.69) is 27.0 Å². The fourth-order valence-electron chi connectivity index (χ4n) is 2.86. The lowest BCUT2D eigenvalue weighted by molar-refractivity contribution is 0.102. The fraction of sp³-hybridized carbons (Fsp3) is 0.143. The van der Waals surface area contributed by atoms with Gasteiger partial charge in [-0.1, -0.05) is 12.1 Å². The van der Waals surface area contributed by atoms with Gasteiger partial charge in [0.1, 0.15) is 5.75 Å². The van der Waals surface area contributed by atoms with E-state index in [1.54, 1.807) is 35.6 Å². The zero-order valence-electron chi connectivity index (χ0n) is 15.1. The highest BCUT2D eigenvalue weighted by Gasteiger charge is 2.10. The molecule has 0 unspecified atom stereocenters. The Morgan fingerprint density at radius 1 is 1.22 bits per heavy atom. The summed E-state index contributed by atoms with van der Waals surface area (Å²) in [6.45, 7) is 4.59. The molecule has 2 heterocycles. The second-order valence-corrected chi connectivity index (χ2v) is 6.98. The van der Waals surface area contributed by atoms with Gasteiger partial charge >= 0.3 is 0 Å². The number of nitrogens with one attached hydrogen (secondary N) is 1. The minimum absolute atomic E-state index is 0.156. The first-order valence-electron chi connectivity index (χ1n) is 8.72. The van der Waals surface area contributed by atoms with Crippen molar-refractivity contribution < 1.29 is 9.53 Å². The van der Waals surface area contributed by atoms with Crippen LogP contribution in [-0.2, 0) is 0 Å². The second-order valence-electron chi connectivity index (χ2n) is 6.15. The smallest absolute Gasteiger partial charge is 0.255 e. The molecular weight excluding hydrogens is 358 g/mol. The van der Waals surface area contributed by atoms with Crippen molar-refractivity contribution in [1.82, 2.24) is 9.38 Å². The molecule has 0 fully saturated rings. The van der Waals surface area contributed by atoms with E-state index in [-0.39, 0.29) is 5.91 Å². The number of anilines is 1. The number of aromatic nitrogens is 2. The number of nitrogens with zero attached hydrogens (tertiary/aromatic N) is 2. The third kappa shape index (κ3) is 3.57. The van der Waals surface area contributed by atoms with Crippen molar-refractivity contribution in [3.8, 4) is 17.0 Å². The number of fused-ring (bicyclic) bond motifs is 1. The lowest BCUT2D eigenvalue weighted by atomic mass is 10.1. The lowest BCUT2D eigenvalue weighted by Crippen LogP contribution is -2.11. The van der Waals surface area contributed by atoms with E-state index in [1.165, 1.54) is 0 Å². The quantitative estimate of drug-likeness (QED) is 0.531. The van der Waals surface area contributed by atoms with Gasteiger partial charge in [-0.3, -0.25) is 9.20 Å². The molecule has 0 aliphatic heterocycles. The molecule has 4 rings (SSSR count). The first-order valence-corrected chi connectivity index (χ1v) is 9.60. The Labute approximate surface area is 161 Å². The summed E-state index contributed by atoms with van der Waals surface area (Å²) in [5.41, 5.74) is 4.34. The molecule has 2 aromatic carbocycles. The topological polar surface area (TPSA) is 55.6 Å². The summed E-state index contributed by atoms with van der Waals surface area (Å²) in [5, 5.41) is 5.03. The van der Waals surface area contributed by atoms with E-state index < -0.39 is 0 Å². The number of hydrogen-bond acceptors (Lipinski definition) is 4. The monoisotopic (exact) mass is 377 g/mol. The minimum Gasteiger partial charge on any atom is -0.494 e. The lowest BCUT2D eigenvalue weighted by Gasteiger charge is -2.08. The van der Waals surface area contributed by atoms with Gasteiger partial charge in [-0.25, -0.2) is 4.98 Å². The van der Waals surface area contributed by atoms with Crippen LogP contribution in [0.25, 0.3) is 16.2 Å². The number of rotatable bonds is 5. The zero-order valence-corrected chi connectivity index (χ0v) is 15.9. The first-order chi connectivity index (χ1) is 13.1. The predicted molar refractivity (Wildman–Crippen MR) is 109 cm³/mol. The van der Waals surface area contributed by atoms with Crippen LogP contribution in [0.4, 0.5) is 5.69 Å². The summed E-state index contributed by atoms with van der Waals surface area (Å²) in [4.78, 5) is 18.1. The van der Waals surface area contributed by atoms with Crippen LogP contribution in [0.3, 0.4) is 0 Å². The first kappa shape index (κ1) is 17.3. The molecule has 0 bridgehead atoms. The van der Waals surface area contributed by atoms with Gasteiger partial charge in [-0.05, 0) is 50.2 Å². The van der Waals surface area contributed by atoms with Crippen molar-refractivity contribution >= 4 is 27.9 Å². The van der Waals surface area contributed by atoms with Crippen LogP contribution in [-0.4, -0.2) is 21.9 Å². The average Bonchev–Trinajstić information content (AvgIpc) is 3.25. The summed E-state index contributed by atoms with van der Waals surface area (Å²) in [5.74, 6) is 0.600. The molecule has 2 aromatic heterocycles. The van der Waals surface area contributed by atoms with Crippen molar-refractivity contribution in [2.24, 2.45) is 0 Å². The highest BCUT2D eigenvalue weighted by Crippen LogP contribution is 2.25. The third-order valence-electron chi connectivity index (χ3n) is 4.23. The molecule has 0 radical (unpaired) electrons. The van der Waals surface area contributed by atoms with Crippen LogP contribution in [0.2, 0.25) is 0 Å². The van der Waals surface area contributed by atoms with Crippen LogP contribution in [0, 0.1) is 6.92 Å². The maximum Gasteiger partial charge on any atom is 0.255 e. The molecule has 27 heavy (non-hydrogen) atoms. The molecule has 0 aliphatic rings. The van der Waals surface area contributed by atoms with Crippen molar-refractivity contribution in [2.75, 3.05) is 11.9 Å². The molecule has 0 aliphatic carbocycles. The molecule has 0 saturated heterocycles. The van der Waals surface area contributed by atoms with Gasteiger partial charge in [-0.15, -0.1) is 11.3 Å². The Bertz CT molecular complexity index is 1100. The van der Waals surface area contributed by atoms with Crippen LogP contribution in [0.5, 0.6) is 5.75 Å². The van der Waals surface area contributed by atoms with Crippen LogP contribution >= 0.6 is 11.3 Å². The molecule has 1 N–H and O–H groups in total. The number of carbonyl (C=O) groups excluding carboxylic acids is 1. The number of hydrogen-bond donors (Lipinski definition) is 1. The van der Waals surface area contributed by atoms with E-state index >= 15 is 0 Å². The Morgan fingerprint density at radius 2 is 2.04 bits per heavy atom. The van der Waals surface area contributed by atoms with Crippen LogP contribution in [0.15, 0.2) is 60.1 Å². The van der Waals surface area contributed by atoms with Gasteiger partial charge in [0.05, 0.1) is 12.3 Å². The SMILES string of the molecule is CCOc1ccc(C(=O)Nc2cccc(-c3cn4c(C)csc4n3)c2)cc1. The normalized spacial score (nSPS) is 10.9. The standard InChI is InChI=1S/C21H19N3O2S/c1-3-26-18-9-7-15(8-10-18)20(25)22-17-6-4-5-16(11-17)19-12-24-14(2)13-27-21(24)23-19/h4-13H,3H2,1-2H3,(H,22,25). The van der Waals surface area contributed by atoms with Crippen LogP contribution < -0.4 is 10.1 Å². The zero-order chi connectivity index (χ0) is 18.8. The molecular formula is C21H19N3O2S. The van der Waals surface area contributed by atoms with Crippen molar-refractivity contribution in [3.63, 3.8) is 0 Å². The molecule has 0 atom stereocenters. The van der Waals surface area contributed by atoms with E-state index in [1.807, 2.05) is 37.4 Å². The Hall–Kier alpha value is -3.12. The van der Waals surface area contributed by atoms with Gasteiger partial charge in [0.25, 0.3) is 5.91 Å². The maximum absolute atomic E-state index is 12.5. The molecule has 1 amide bonds. The number of amides is 1. The summed E-state index contributed by atoms with van der Waals surface area (Å²) >= 11 is 1.62. The van der Waals surface area contributed by atoms with Gasteiger partial charge in [0.15, 0.2) is 4.96 Å². The highest BCUT2D eigenvalue weighted by molar-refractivity contribution is 7.15. The Morgan fingerprint density at radius 3 is 2.78 bits per heavy atom. The molecule has 0 saturated carbocycles. The maximum atomic E-state index is 12.5. The summed E-state index contributed by atoms with van der Waals surface area (Å²) in [7, 11) is 0. The van der Waals surface area contributed by atoms with E-state index in [4.69, 9.17) is 4.74 Å². The number of ether oxygens (including phenoxy) is 1. The largest absolute Gasteiger partial charge is 0.494 e. The molecule has 136 valence electrons. The molecule has 5 nitrogen and oxygen atoms in total. The summed E-state index contributed by atoms with van der Waals surface area (Å²) in [6.07, 6.45) is 2.02. The predicted octanol–water partition coefficient (Wildman–Crippen LogP) is 5.02. The summed E-state index contributed by atoms with van der Waals surface area (Å²) in [6, 6.07) is 14.8. The third-order valence-corrected chi connectivity index (χ3v) is 5.19. The minimum atomic E-state index is -0.156.